The Labute approximate surface area is 155 Å². The molecular weight excluding hydrogens is 318 g/mol. The number of nitrogens with one attached hydrogen (secondary N) is 1. The molecule has 0 amide bonds. The maximum Gasteiger partial charge on any atom is 0.138 e. The third-order valence-corrected chi connectivity index (χ3v) is 6.52. The highest BCUT2D eigenvalue weighted by atomic mass is 15.2. The first-order valence-corrected chi connectivity index (χ1v) is 9.98. The normalized spacial score (nSPS) is 17.4. The van der Waals surface area contributed by atoms with Crippen LogP contribution in [-0.4, -0.2) is 16.5 Å². The molecule has 1 fully saturated rings. The van der Waals surface area contributed by atoms with Crippen LogP contribution in [0.5, 0.6) is 0 Å². The molecule has 0 unspecified atom stereocenters. The minimum atomic E-state index is 0.925. The van der Waals surface area contributed by atoms with Crippen molar-refractivity contribution in [2.24, 2.45) is 5.92 Å². The van der Waals surface area contributed by atoms with Crippen molar-refractivity contribution in [3.8, 4) is 0 Å². The number of hydrogen-bond donors (Lipinski definition) is 1. The van der Waals surface area contributed by atoms with Crippen LogP contribution < -0.4 is 4.90 Å². The van der Waals surface area contributed by atoms with Crippen molar-refractivity contribution >= 4 is 16.7 Å². The number of hydrogen-bond acceptors (Lipinski definition) is 2. The fraction of sp³-hybridized carbons (Fsp3) is 0.435. The lowest BCUT2D eigenvalue weighted by Gasteiger charge is -2.31. The number of aromatic nitrogens is 2. The average molecular weight is 345 g/mol. The number of H-pyrrole nitrogens is 1. The van der Waals surface area contributed by atoms with Crippen molar-refractivity contribution in [1.82, 2.24) is 9.97 Å². The number of pyridine rings is 1. The minimum Gasteiger partial charge on any atom is -0.358 e. The van der Waals surface area contributed by atoms with Crippen LogP contribution in [0.4, 0.5) is 5.82 Å². The molecule has 3 nitrogen and oxygen atoms in total. The number of aromatic amines is 1. The van der Waals surface area contributed by atoms with Crippen molar-refractivity contribution < 1.29 is 0 Å². The van der Waals surface area contributed by atoms with E-state index < -0.39 is 0 Å². The predicted molar refractivity (Wildman–Crippen MR) is 108 cm³/mol. The van der Waals surface area contributed by atoms with Gasteiger partial charge in [0.1, 0.15) is 5.82 Å². The monoisotopic (exact) mass is 345 g/mol. The lowest BCUT2D eigenvalue weighted by molar-refractivity contribution is 0.314. The highest BCUT2D eigenvalue weighted by Crippen LogP contribution is 2.34. The fourth-order valence-electron chi connectivity index (χ4n) is 4.60. The molecule has 2 aromatic heterocycles. The van der Waals surface area contributed by atoms with Crippen LogP contribution in [0.15, 0.2) is 30.5 Å². The van der Waals surface area contributed by atoms with E-state index in [1.54, 1.807) is 0 Å². The van der Waals surface area contributed by atoms with E-state index in [1.807, 2.05) is 6.20 Å². The first-order valence-electron chi connectivity index (χ1n) is 9.98. The summed E-state index contributed by atoms with van der Waals surface area (Å²) in [6.07, 6.45) is 8.57. The smallest absolute Gasteiger partial charge is 0.138 e. The summed E-state index contributed by atoms with van der Waals surface area (Å²) in [4.78, 5) is 10.7. The molecule has 1 aromatic carbocycles. The van der Waals surface area contributed by atoms with Gasteiger partial charge in [-0.05, 0) is 60.9 Å². The van der Waals surface area contributed by atoms with Crippen LogP contribution in [-0.2, 0) is 19.4 Å². The van der Waals surface area contributed by atoms with Gasteiger partial charge in [-0.1, -0.05) is 37.5 Å². The Balaban J connectivity index is 1.47. The molecule has 26 heavy (non-hydrogen) atoms. The van der Waals surface area contributed by atoms with Gasteiger partial charge in [-0.15, -0.1) is 0 Å². The molecule has 0 bridgehead atoms. The van der Waals surface area contributed by atoms with E-state index >= 15 is 0 Å². The molecule has 5 rings (SSSR count). The van der Waals surface area contributed by atoms with Crippen molar-refractivity contribution in [2.75, 3.05) is 11.4 Å². The molecule has 1 aliphatic heterocycles. The zero-order valence-electron chi connectivity index (χ0n) is 15.8. The van der Waals surface area contributed by atoms with E-state index in [9.17, 15) is 0 Å². The number of benzene rings is 1. The summed E-state index contributed by atoms with van der Waals surface area (Å²) in [6, 6.07) is 9.30. The summed E-state index contributed by atoms with van der Waals surface area (Å²) >= 11 is 0. The van der Waals surface area contributed by atoms with E-state index in [2.05, 4.69) is 48.0 Å². The summed E-state index contributed by atoms with van der Waals surface area (Å²) in [5, 5.41) is 1.29. The Morgan fingerprint density at radius 2 is 2.04 bits per heavy atom. The number of anilines is 1. The van der Waals surface area contributed by atoms with Crippen LogP contribution in [0.2, 0.25) is 0 Å². The molecule has 0 saturated heterocycles. The number of aryl methyl sites for hydroxylation is 2. The van der Waals surface area contributed by atoms with E-state index in [0.29, 0.717) is 0 Å². The Morgan fingerprint density at radius 3 is 2.85 bits per heavy atom. The Kier molecular flexibility index (Phi) is 3.77. The lowest BCUT2D eigenvalue weighted by atomic mass is 9.80. The van der Waals surface area contributed by atoms with E-state index in [1.165, 1.54) is 64.5 Å². The Bertz CT molecular complexity index is 965. The van der Waals surface area contributed by atoms with Gasteiger partial charge < -0.3 is 9.88 Å². The average Bonchev–Trinajstić information content (AvgIpc) is 2.92. The highest BCUT2D eigenvalue weighted by Gasteiger charge is 2.22. The van der Waals surface area contributed by atoms with Crippen LogP contribution >= 0.6 is 0 Å². The molecule has 0 spiro atoms. The molecule has 3 aromatic rings. The molecule has 0 radical (unpaired) electrons. The van der Waals surface area contributed by atoms with Crippen molar-refractivity contribution in [3.05, 3.63) is 58.4 Å². The zero-order chi connectivity index (χ0) is 17.7. The van der Waals surface area contributed by atoms with Gasteiger partial charge in [0.25, 0.3) is 0 Å². The first-order chi connectivity index (χ1) is 12.7. The van der Waals surface area contributed by atoms with Gasteiger partial charge >= 0.3 is 0 Å². The van der Waals surface area contributed by atoms with E-state index in [0.717, 1.165) is 31.2 Å². The molecule has 0 atom stereocenters. The van der Waals surface area contributed by atoms with Gasteiger partial charge in [-0.2, -0.15) is 0 Å². The van der Waals surface area contributed by atoms with E-state index in [-0.39, 0.29) is 0 Å². The van der Waals surface area contributed by atoms with Gasteiger partial charge in [-0.3, -0.25) is 0 Å². The molecular formula is C23H27N3. The number of nitrogens with zero attached hydrogens (tertiary/aromatic N) is 2. The summed E-state index contributed by atoms with van der Waals surface area (Å²) in [5.41, 5.74) is 8.32. The largest absolute Gasteiger partial charge is 0.358 e. The van der Waals surface area contributed by atoms with Gasteiger partial charge in [0, 0.05) is 30.4 Å². The second-order valence-electron chi connectivity index (χ2n) is 8.21. The van der Waals surface area contributed by atoms with E-state index in [4.69, 9.17) is 4.98 Å². The van der Waals surface area contributed by atoms with Crippen molar-refractivity contribution in [1.29, 1.82) is 0 Å². The zero-order valence-corrected chi connectivity index (χ0v) is 15.8. The standard InChI is InChI=1S/C23H27N3/c1-15-16(2)25-21-8-10-24-23(22(15)21)26-11-9-19-7-6-18(13-20(19)14-26)12-17-4-3-5-17/h6-8,10,13,17,25H,3-5,9,11-12,14H2,1-2H3. The summed E-state index contributed by atoms with van der Waals surface area (Å²) < 4.78 is 0. The molecule has 1 aliphatic carbocycles. The second-order valence-corrected chi connectivity index (χ2v) is 8.21. The van der Waals surface area contributed by atoms with Crippen LogP contribution in [0, 0.1) is 19.8 Å². The summed E-state index contributed by atoms with van der Waals surface area (Å²) in [5.74, 6) is 2.06. The van der Waals surface area contributed by atoms with Gasteiger partial charge in [-0.25, -0.2) is 4.98 Å². The summed E-state index contributed by atoms with van der Waals surface area (Å²) in [7, 11) is 0. The minimum absolute atomic E-state index is 0.925. The second kappa shape index (κ2) is 6.15. The number of rotatable bonds is 3. The van der Waals surface area contributed by atoms with Gasteiger partial charge in [0.2, 0.25) is 0 Å². The molecule has 1 saturated carbocycles. The molecule has 1 N–H and O–H groups in total. The first kappa shape index (κ1) is 15.9. The predicted octanol–water partition coefficient (Wildman–Crippen LogP) is 5.09. The topological polar surface area (TPSA) is 31.9 Å². The lowest BCUT2D eigenvalue weighted by Crippen LogP contribution is -2.31. The fourth-order valence-corrected chi connectivity index (χ4v) is 4.60. The van der Waals surface area contributed by atoms with Gasteiger partial charge in [0.15, 0.2) is 0 Å². The quantitative estimate of drug-likeness (QED) is 0.717. The van der Waals surface area contributed by atoms with Gasteiger partial charge in [0.05, 0.1) is 5.52 Å². The Morgan fingerprint density at radius 1 is 1.15 bits per heavy atom. The van der Waals surface area contributed by atoms with Crippen molar-refractivity contribution in [2.45, 2.75) is 52.5 Å². The maximum atomic E-state index is 4.78. The number of fused-ring (bicyclic) bond motifs is 2. The third kappa shape index (κ3) is 2.61. The molecule has 3 heteroatoms. The highest BCUT2D eigenvalue weighted by molar-refractivity contribution is 5.94. The molecule has 134 valence electrons. The van der Waals surface area contributed by atoms with Crippen LogP contribution in [0.3, 0.4) is 0 Å². The third-order valence-electron chi connectivity index (χ3n) is 6.52. The molecule has 2 aliphatic rings. The van der Waals surface area contributed by atoms with Crippen LogP contribution in [0.25, 0.3) is 10.9 Å². The Hall–Kier alpha value is -2.29. The summed E-state index contributed by atoms with van der Waals surface area (Å²) in [6.45, 7) is 6.37. The maximum absolute atomic E-state index is 4.78. The van der Waals surface area contributed by atoms with Crippen molar-refractivity contribution in [3.63, 3.8) is 0 Å². The molecule has 3 heterocycles. The SMILES string of the molecule is Cc1[nH]c2ccnc(N3CCc4ccc(CC5CCC5)cc4C3)c2c1C. The van der Waals surface area contributed by atoms with Crippen LogP contribution in [0.1, 0.15) is 47.2 Å².